The molecule has 1 N–H and O–H groups in total. The van der Waals surface area contributed by atoms with Crippen LogP contribution < -0.4 is 0 Å². The molecule has 0 aliphatic carbocycles. The molecular formula is C15H32O. The van der Waals surface area contributed by atoms with Crippen molar-refractivity contribution in [3.63, 3.8) is 0 Å². The molecule has 0 fully saturated rings. The third-order valence-electron chi connectivity index (χ3n) is 3.45. The van der Waals surface area contributed by atoms with Crippen LogP contribution in [0.4, 0.5) is 0 Å². The Morgan fingerprint density at radius 2 is 1.19 bits per heavy atom. The van der Waals surface area contributed by atoms with E-state index in [-0.39, 0.29) is 0 Å². The van der Waals surface area contributed by atoms with Crippen LogP contribution in [-0.4, -0.2) is 11.7 Å². The molecule has 0 aromatic carbocycles. The number of rotatable bonds is 12. The predicted molar refractivity (Wildman–Crippen MR) is 72.7 cm³/mol. The van der Waals surface area contributed by atoms with Gasteiger partial charge in [-0.1, -0.05) is 71.6 Å². The topological polar surface area (TPSA) is 20.2 Å². The molecule has 98 valence electrons. The highest BCUT2D eigenvalue weighted by Gasteiger charge is 2.07. The molecule has 1 atom stereocenters. The molecule has 0 radical (unpaired) electrons. The lowest BCUT2D eigenvalue weighted by molar-refractivity contribution is 0.262. The average molecular weight is 228 g/mol. The molecule has 1 nitrogen and oxygen atoms in total. The van der Waals surface area contributed by atoms with Gasteiger partial charge >= 0.3 is 0 Å². The Kier molecular flexibility index (Phi) is 13.0. The van der Waals surface area contributed by atoms with Crippen molar-refractivity contribution in [2.24, 2.45) is 5.92 Å². The van der Waals surface area contributed by atoms with E-state index in [2.05, 4.69) is 13.8 Å². The molecule has 1 heteroatoms. The van der Waals surface area contributed by atoms with Crippen LogP contribution in [0.3, 0.4) is 0 Å². The van der Waals surface area contributed by atoms with Crippen LogP contribution in [0.2, 0.25) is 0 Å². The molecule has 0 aliphatic rings. The minimum absolute atomic E-state index is 0.374. The first kappa shape index (κ1) is 16.0. The summed E-state index contributed by atoms with van der Waals surface area (Å²) in [6.45, 7) is 4.91. The second-order valence-corrected chi connectivity index (χ2v) is 5.08. The summed E-state index contributed by atoms with van der Waals surface area (Å²) < 4.78 is 0. The van der Waals surface area contributed by atoms with E-state index >= 15 is 0 Å². The number of aliphatic hydroxyl groups excluding tert-OH is 1. The van der Waals surface area contributed by atoms with Crippen molar-refractivity contribution >= 4 is 0 Å². The van der Waals surface area contributed by atoms with E-state index in [9.17, 15) is 0 Å². The molecule has 1 unspecified atom stereocenters. The van der Waals surface area contributed by atoms with Crippen LogP contribution in [0, 0.1) is 5.92 Å². The van der Waals surface area contributed by atoms with Crippen molar-refractivity contribution in [2.45, 2.75) is 84.5 Å². The Bertz CT molecular complexity index is 123. The Labute approximate surface area is 103 Å². The van der Waals surface area contributed by atoms with Gasteiger partial charge in [0, 0.05) is 6.61 Å². The Hall–Kier alpha value is -0.0400. The fraction of sp³-hybridized carbons (Fsp3) is 1.00. The maximum atomic E-state index is 8.90. The molecule has 0 aromatic heterocycles. The normalized spacial score (nSPS) is 12.9. The van der Waals surface area contributed by atoms with Gasteiger partial charge in [0.1, 0.15) is 0 Å². The van der Waals surface area contributed by atoms with Crippen molar-refractivity contribution < 1.29 is 5.11 Å². The number of hydrogen-bond donors (Lipinski definition) is 1. The lowest BCUT2D eigenvalue weighted by Gasteiger charge is -2.16. The monoisotopic (exact) mass is 228 g/mol. The highest BCUT2D eigenvalue weighted by molar-refractivity contribution is 4.60. The fourth-order valence-corrected chi connectivity index (χ4v) is 2.36. The molecule has 0 saturated heterocycles. The van der Waals surface area contributed by atoms with E-state index in [0.717, 1.165) is 12.3 Å². The van der Waals surface area contributed by atoms with Crippen LogP contribution in [0.1, 0.15) is 84.5 Å². The molecule has 0 aliphatic heterocycles. The predicted octanol–water partition coefficient (Wildman–Crippen LogP) is 4.93. The van der Waals surface area contributed by atoms with Crippen molar-refractivity contribution in [3.05, 3.63) is 0 Å². The summed E-state index contributed by atoms with van der Waals surface area (Å²) in [4.78, 5) is 0. The van der Waals surface area contributed by atoms with Crippen LogP contribution in [-0.2, 0) is 0 Å². The maximum Gasteiger partial charge on any atom is 0.0431 e. The van der Waals surface area contributed by atoms with Crippen molar-refractivity contribution in [3.8, 4) is 0 Å². The highest BCUT2D eigenvalue weighted by atomic mass is 16.2. The van der Waals surface area contributed by atoms with Crippen molar-refractivity contribution in [2.75, 3.05) is 6.61 Å². The van der Waals surface area contributed by atoms with Gasteiger partial charge in [0.25, 0.3) is 0 Å². The Balaban J connectivity index is 3.54. The minimum Gasteiger partial charge on any atom is -0.396 e. The fourth-order valence-electron chi connectivity index (χ4n) is 2.36. The zero-order valence-corrected chi connectivity index (χ0v) is 11.5. The quantitative estimate of drug-likeness (QED) is 0.470. The summed E-state index contributed by atoms with van der Waals surface area (Å²) in [6.07, 6.45) is 14.6. The smallest absolute Gasteiger partial charge is 0.0431 e. The number of unbranched alkanes of at least 4 members (excludes halogenated alkanes) is 5. The SMILES string of the molecule is CCCCCCC(CCCO)CCCCC. The lowest BCUT2D eigenvalue weighted by Crippen LogP contribution is -2.02. The highest BCUT2D eigenvalue weighted by Crippen LogP contribution is 2.22. The standard InChI is InChI=1S/C15H32O/c1-3-5-7-9-12-15(13-10-14-16)11-8-6-4-2/h15-16H,3-14H2,1-2H3. The zero-order valence-electron chi connectivity index (χ0n) is 11.5. The van der Waals surface area contributed by atoms with Gasteiger partial charge in [-0.05, 0) is 18.8 Å². The van der Waals surface area contributed by atoms with Gasteiger partial charge in [-0.25, -0.2) is 0 Å². The average Bonchev–Trinajstić information content (AvgIpc) is 2.31. The molecule has 0 saturated carbocycles. The van der Waals surface area contributed by atoms with Crippen LogP contribution in [0.5, 0.6) is 0 Å². The molecule has 0 rings (SSSR count). The van der Waals surface area contributed by atoms with Gasteiger partial charge < -0.3 is 5.11 Å². The van der Waals surface area contributed by atoms with Gasteiger partial charge in [-0.2, -0.15) is 0 Å². The number of aliphatic hydroxyl groups is 1. The van der Waals surface area contributed by atoms with E-state index in [1.807, 2.05) is 0 Å². The molecule has 0 bridgehead atoms. The first-order valence-corrected chi connectivity index (χ1v) is 7.46. The van der Waals surface area contributed by atoms with E-state index in [0.29, 0.717) is 6.61 Å². The summed E-state index contributed by atoms with van der Waals surface area (Å²) in [5.74, 6) is 0.885. The Morgan fingerprint density at radius 1 is 0.688 bits per heavy atom. The first-order valence-electron chi connectivity index (χ1n) is 7.46. The largest absolute Gasteiger partial charge is 0.396 e. The van der Waals surface area contributed by atoms with Crippen LogP contribution >= 0.6 is 0 Å². The second-order valence-electron chi connectivity index (χ2n) is 5.08. The van der Waals surface area contributed by atoms with Gasteiger partial charge in [-0.15, -0.1) is 0 Å². The molecule has 16 heavy (non-hydrogen) atoms. The van der Waals surface area contributed by atoms with E-state index in [1.165, 1.54) is 64.2 Å². The third kappa shape index (κ3) is 10.5. The van der Waals surface area contributed by atoms with Crippen molar-refractivity contribution in [1.29, 1.82) is 0 Å². The minimum atomic E-state index is 0.374. The number of hydrogen-bond acceptors (Lipinski definition) is 1. The maximum absolute atomic E-state index is 8.90. The van der Waals surface area contributed by atoms with Gasteiger partial charge in [-0.3, -0.25) is 0 Å². The summed E-state index contributed by atoms with van der Waals surface area (Å²) in [6, 6.07) is 0. The Morgan fingerprint density at radius 3 is 1.75 bits per heavy atom. The summed E-state index contributed by atoms with van der Waals surface area (Å²) in [5.41, 5.74) is 0. The van der Waals surface area contributed by atoms with Gasteiger partial charge in [0.05, 0.1) is 0 Å². The molecule has 0 heterocycles. The van der Waals surface area contributed by atoms with Crippen LogP contribution in [0.15, 0.2) is 0 Å². The second kappa shape index (κ2) is 13.0. The molecule has 0 spiro atoms. The first-order chi connectivity index (χ1) is 7.85. The zero-order chi connectivity index (χ0) is 12.1. The van der Waals surface area contributed by atoms with E-state index in [1.54, 1.807) is 0 Å². The summed E-state index contributed by atoms with van der Waals surface area (Å²) >= 11 is 0. The molecule has 0 aromatic rings. The summed E-state index contributed by atoms with van der Waals surface area (Å²) in [7, 11) is 0. The molecular weight excluding hydrogens is 196 g/mol. The summed E-state index contributed by atoms with van der Waals surface area (Å²) in [5, 5.41) is 8.90. The lowest BCUT2D eigenvalue weighted by atomic mass is 9.91. The third-order valence-corrected chi connectivity index (χ3v) is 3.45. The van der Waals surface area contributed by atoms with Crippen LogP contribution in [0.25, 0.3) is 0 Å². The van der Waals surface area contributed by atoms with Gasteiger partial charge in [0.15, 0.2) is 0 Å². The molecule has 0 amide bonds. The van der Waals surface area contributed by atoms with Crippen molar-refractivity contribution in [1.82, 2.24) is 0 Å². The van der Waals surface area contributed by atoms with Gasteiger partial charge in [0.2, 0.25) is 0 Å². The van der Waals surface area contributed by atoms with E-state index < -0.39 is 0 Å². The van der Waals surface area contributed by atoms with E-state index in [4.69, 9.17) is 5.11 Å².